The third-order valence-electron chi connectivity index (χ3n) is 2.26. The van der Waals surface area contributed by atoms with Crippen LogP contribution in [0.3, 0.4) is 0 Å². The Morgan fingerprint density at radius 2 is 2.06 bits per heavy atom. The van der Waals surface area contributed by atoms with Crippen molar-refractivity contribution >= 4 is 31.7 Å². The summed E-state index contributed by atoms with van der Waals surface area (Å²) in [5, 5.41) is 8.97. The molecule has 1 rings (SSSR count). The van der Waals surface area contributed by atoms with Gasteiger partial charge in [0.15, 0.2) is 9.84 Å². The van der Waals surface area contributed by atoms with Gasteiger partial charge in [0.1, 0.15) is 0 Å². The van der Waals surface area contributed by atoms with Crippen LogP contribution in [0.25, 0.3) is 0 Å². The van der Waals surface area contributed by atoms with Crippen LogP contribution in [0.1, 0.15) is 11.5 Å². The Morgan fingerprint density at radius 1 is 1.47 bits per heavy atom. The van der Waals surface area contributed by atoms with Crippen LogP contribution in [-0.2, 0) is 14.6 Å². The van der Waals surface area contributed by atoms with Gasteiger partial charge in [-0.3, -0.25) is 4.79 Å². The summed E-state index contributed by atoms with van der Waals surface area (Å²) in [6.07, 6.45) is 1.07. The number of nitrogens with two attached hydrogens (primary N) is 1. The number of carboxylic acids is 1. The quantitative estimate of drug-likeness (QED) is 0.861. The van der Waals surface area contributed by atoms with Crippen molar-refractivity contribution in [1.82, 2.24) is 0 Å². The van der Waals surface area contributed by atoms with Crippen LogP contribution in [-0.4, -0.2) is 32.3 Å². The standard InChI is InChI=1S/C10H12BrNO4S/c1-17(15,16)8-3-6(2-7(11)4-8)9(5-12)10(13)14/h2-4,9H,5,12H2,1H3,(H,13,14). The molecule has 7 heteroatoms. The predicted octanol–water partition coefficient (Wildman–Crippen LogP) is 0.980. The van der Waals surface area contributed by atoms with Gasteiger partial charge in [0.25, 0.3) is 0 Å². The molecule has 0 aromatic heterocycles. The summed E-state index contributed by atoms with van der Waals surface area (Å²) in [5.41, 5.74) is 5.74. The van der Waals surface area contributed by atoms with Crippen molar-refractivity contribution in [1.29, 1.82) is 0 Å². The molecule has 0 aliphatic carbocycles. The summed E-state index contributed by atoms with van der Waals surface area (Å²) in [4.78, 5) is 11.0. The molecule has 0 bridgehead atoms. The van der Waals surface area contributed by atoms with Crippen molar-refractivity contribution in [2.45, 2.75) is 10.8 Å². The molecule has 1 aromatic carbocycles. The molecule has 0 aliphatic rings. The number of hydrogen-bond acceptors (Lipinski definition) is 4. The molecule has 0 spiro atoms. The van der Waals surface area contributed by atoms with Gasteiger partial charge in [-0.25, -0.2) is 8.42 Å². The molecule has 0 amide bonds. The van der Waals surface area contributed by atoms with Crippen LogP contribution in [0.2, 0.25) is 0 Å². The number of hydrogen-bond donors (Lipinski definition) is 2. The van der Waals surface area contributed by atoms with Crippen molar-refractivity contribution in [3.05, 3.63) is 28.2 Å². The first-order chi connectivity index (χ1) is 7.75. The fourth-order valence-electron chi connectivity index (χ4n) is 1.38. The number of carbonyl (C=O) groups is 1. The molecule has 0 radical (unpaired) electrons. The number of benzene rings is 1. The maximum absolute atomic E-state index is 11.4. The molecule has 0 aliphatic heterocycles. The third kappa shape index (κ3) is 3.52. The normalized spacial score (nSPS) is 13.4. The third-order valence-corrected chi connectivity index (χ3v) is 3.81. The highest BCUT2D eigenvalue weighted by atomic mass is 79.9. The molecule has 1 atom stereocenters. The zero-order chi connectivity index (χ0) is 13.2. The molecule has 0 fully saturated rings. The average molecular weight is 322 g/mol. The molecule has 94 valence electrons. The molecule has 17 heavy (non-hydrogen) atoms. The van der Waals surface area contributed by atoms with Crippen molar-refractivity contribution in [3.8, 4) is 0 Å². The van der Waals surface area contributed by atoms with E-state index >= 15 is 0 Å². The van der Waals surface area contributed by atoms with Gasteiger partial charge in [-0.15, -0.1) is 0 Å². The Bertz CT molecular complexity index is 541. The van der Waals surface area contributed by atoms with Gasteiger partial charge < -0.3 is 10.8 Å². The lowest BCUT2D eigenvalue weighted by Crippen LogP contribution is -2.21. The Hall–Kier alpha value is -0.920. The molecule has 1 unspecified atom stereocenters. The number of aliphatic carboxylic acids is 1. The van der Waals surface area contributed by atoms with Gasteiger partial charge >= 0.3 is 5.97 Å². The Balaban J connectivity index is 3.36. The van der Waals surface area contributed by atoms with Crippen LogP contribution < -0.4 is 5.73 Å². The minimum absolute atomic E-state index is 0.0709. The summed E-state index contributed by atoms with van der Waals surface area (Å²) in [7, 11) is -3.38. The lowest BCUT2D eigenvalue weighted by Gasteiger charge is -2.12. The second-order valence-electron chi connectivity index (χ2n) is 3.62. The smallest absolute Gasteiger partial charge is 0.312 e. The van der Waals surface area contributed by atoms with Crippen molar-refractivity contribution in [2.24, 2.45) is 5.73 Å². The lowest BCUT2D eigenvalue weighted by molar-refractivity contribution is -0.138. The van der Waals surface area contributed by atoms with Crippen LogP contribution in [0.4, 0.5) is 0 Å². The van der Waals surface area contributed by atoms with E-state index in [0.29, 0.717) is 10.0 Å². The summed E-state index contributed by atoms with van der Waals surface area (Å²) in [6.45, 7) is -0.0883. The van der Waals surface area contributed by atoms with Crippen LogP contribution in [0.15, 0.2) is 27.6 Å². The first kappa shape index (κ1) is 14.1. The van der Waals surface area contributed by atoms with E-state index in [0.717, 1.165) is 6.26 Å². The van der Waals surface area contributed by atoms with Crippen molar-refractivity contribution < 1.29 is 18.3 Å². The maximum Gasteiger partial charge on any atom is 0.312 e. The van der Waals surface area contributed by atoms with Gasteiger partial charge in [-0.05, 0) is 23.8 Å². The van der Waals surface area contributed by atoms with Gasteiger partial charge in [0, 0.05) is 17.3 Å². The first-order valence-corrected chi connectivity index (χ1v) is 7.37. The summed E-state index contributed by atoms with van der Waals surface area (Å²) >= 11 is 3.15. The molecular weight excluding hydrogens is 310 g/mol. The van der Waals surface area contributed by atoms with Gasteiger partial charge in [-0.1, -0.05) is 15.9 Å². The number of carboxylic acid groups (broad SMARTS) is 1. The molecule has 0 heterocycles. The van der Waals surface area contributed by atoms with E-state index in [1.807, 2.05) is 0 Å². The fourth-order valence-corrected chi connectivity index (χ4v) is 2.73. The minimum atomic E-state index is -3.38. The van der Waals surface area contributed by atoms with Crippen LogP contribution in [0.5, 0.6) is 0 Å². The van der Waals surface area contributed by atoms with E-state index in [2.05, 4.69) is 15.9 Å². The Labute approximate surface area is 108 Å². The van der Waals surface area contributed by atoms with E-state index in [9.17, 15) is 13.2 Å². The zero-order valence-electron chi connectivity index (χ0n) is 9.05. The highest BCUT2D eigenvalue weighted by Gasteiger charge is 2.20. The molecule has 0 saturated carbocycles. The summed E-state index contributed by atoms with van der Waals surface area (Å²) in [6, 6.07) is 4.32. The molecule has 1 aromatic rings. The highest BCUT2D eigenvalue weighted by Crippen LogP contribution is 2.24. The van der Waals surface area contributed by atoms with Gasteiger partial charge in [0.2, 0.25) is 0 Å². The number of rotatable bonds is 4. The Morgan fingerprint density at radius 3 is 2.47 bits per heavy atom. The predicted molar refractivity (Wildman–Crippen MR) is 66.7 cm³/mol. The van der Waals surface area contributed by atoms with Crippen LogP contribution >= 0.6 is 15.9 Å². The number of sulfone groups is 1. The SMILES string of the molecule is CS(=O)(=O)c1cc(Br)cc(C(CN)C(=O)O)c1. The monoisotopic (exact) mass is 321 g/mol. The molecule has 0 saturated heterocycles. The second kappa shape index (κ2) is 5.16. The molecule has 3 N–H and O–H groups in total. The van der Waals surface area contributed by atoms with E-state index in [1.54, 1.807) is 6.07 Å². The maximum atomic E-state index is 11.4. The summed E-state index contributed by atoms with van der Waals surface area (Å²) in [5.74, 6) is -1.99. The summed E-state index contributed by atoms with van der Waals surface area (Å²) < 4.78 is 23.3. The molecule has 5 nitrogen and oxygen atoms in total. The topological polar surface area (TPSA) is 97.5 Å². The second-order valence-corrected chi connectivity index (χ2v) is 6.55. The van der Waals surface area contributed by atoms with Gasteiger partial charge in [0.05, 0.1) is 10.8 Å². The Kier molecular flexibility index (Phi) is 4.29. The fraction of sp³-hybridized carbons (Fsp3) is 0.300. The van der Waals surface area contributed by atoms with Crippen molar-refractivity contribution in [2.75, 3.05) is 12.8 Å². The van der Waals surface area contributed by atoms with E-state index < -0.39 is 21.7 Å². The zero-order valence-corrected chi connectivity index (χ0v) is 11.5. The number of halogens is 1. The van der Waals surface area contributed by atoms with Crippen molar-refractivity contribution in [3.63, 3.8) is 0 Å². The first-order valence-electron chi connectivity index (χ1n) is 4.69. The van der Waals surface area contributed by atoms with E-state index in [1.165, 1.54) is 12.1 Å². The molecular formula is C10H12BrNO4S. The van der Waals surface area contributed by atoms with E-state index in [-0.39, 0.29) is 11.4 Å². The van der Waals surface area contributed by atoms with E-state index in [4.69, 9.17) is 10.8 Å². The van der Waals surface area contributed by atoms with Gasteiger partial charge in [-0.2, -0.15) is 0 Å². The average Bonchev–Trinajstić information content (AvgIpc) is 2.15. The van der Waals surface area contributed by atoms with Crippen LogP contribution in [0, 0.1) is 0 Å². The largest absolute Gasteiger partial charge is 0.481 e. The minimum Gasteiger partial charge on any atom is -0.481 e. The lowest BCUT2D eigenvalue weighted by atomic mass is 10.00. The highest BCUT2D eigenvalue weighted by molar-refractivity contribution is 9.10.